The Hall–Kier alpha value is -1.43. The van der Waals surface area contributed by atoms with E-state index in [0.29, 0.717) is 5.92 Å². The van der Waals surface area contributed by atoms with Gasteiger partial charge in [-0.3, -0.25) is 4.68 Å². The second-order valence-corrected chi connectivity index (χ2v) is 6.00. The molecule has 106 valence electrons. The predicted octanol–water partition coefficient (Wildman–Crippen LogP) is 3.02. The standard InChI is InChI=1S/C14H18BrN5/c1-3-11-10(8-20(2)19-11)7-16-13-6-12(15)17-14(18-13)9-4-5-9/h6,8-9H,3-5,7H2,1-2H3,(H,16,17,18). The number of nitrogens with zero attached hydrogens (tertiary/aromatic N) is 4. The van der Waals surface area contributed by atoms with Crippen LogP contribution in [0.1, 0.15) is 42.8 Å². The van der Waals surface area contributed by atoms with Gasteiger partial charge in [0.05, 0.1) is 5.69 Å². The maximum atomic E-state index is 4.59. The molecule has 3 rings (SSSR count). The fourth-order valence-corrected chi connectivity index (χ4v) is 2.66. The Morgan fingerprint density at radius 3 is 2.90 bits per heavy atom. The van der Waals surface area contributed by atoms with Crippen molar-refractivity contribution in [1.29, 1.82) is 0 Å². The van der Waals surface area contributed by atoms with Crippen LogP contribution in [0.3, 0.4) is 0 Å². The highest BCUT2D eigenvalue weighted by Crippen LogP contribution is 2.38. The van der Waals surface area contributed by atoms with Gasteiger partial charge < -0.3 is 5.32 Å². The SMILES string of the molecule is CCc1nn(C)cc1CNc1cc(Br)nc(C2CC2)n1. The molecule has 0 amide bonds. The zero-order valence-corrected chi connectivity index (χ0v) is 13.3. The molecule has 0 spiro atoms. The number of nitrogens with one attached hydrogen (secondary N) is 1. The van der Waals surface area contributed by atoms with E-state index in [-0.39, 0.29) is 0 Å². The minimum absolute atomic E-state index is 0.553. The summed E-state index contributed by atoms with van der Waals surface area (Å²) in [6.07, 6.45) is 5.42. The van der Waals surface area contributed by atoms with Crippen LogP contribution in [-0.4, -0.2) is 19.7 Å². The van der Waals surface area contributed by atoms with Crippen molar-refractivity contribution < 1.29 is 0 Å². The summed E-state index contributed by atoms with van der Waals surface area (Å²) in [5.41, 5.74) is 2.35. The molecule has 6 heteroatoms. The van der Waals surface area contributed by atoms with E-state index >= 15 is 0 Å². The lowest BCUT2D eigenvalue weighted by Crippen LogP contribution is -2.05. The van der Waals surface area contributed by atoms with Gasteiger partial charge in [-0.2, -0.15) is 5.10 Å². The Kier molecular flexibility index (Phi) is 3.74. The summed E-state index contributed by atoms with van der Waals surface area (Å²) in [4.78, 5) is 9.03. The summed E-state index contributed by atoms with van der Waals surface area (Å²) in [5.74, 6) is 2.38. The molecule has 2 aromatic heterocycles. The largest absolute Gasteiger partial charge is 0.366 e. The highest BCUT2D eigenvalue weighted by molar-refractivity contribution is 9.10. The summed E-state index contributed by atoms with van der Waals surface area (Å²) in [5, 5.41) is 7.83. The van der Waals surface area contributed by atoms with E-state index in [1.807, 2.05) is 17.8 Å². The lowest BCUT2D eigenvalue weighted by atomic mass is 10.2. The first kappa shape index (κ1) is 13.5. The Morgan fingerprint density at radius 2 is 2.20 bits per heavy atom. The van der Waals surface area contributed by atoms with Gasteiger partial charge in [0.1, 0.15) is 16.2 Å². The Labute approximate surface area is 127 Å². The topological polar surface area (TPSA) is 55.6 Å². The molecule has 0 saturated heterocycles. The maximum absolute atomic E-state index is 4.59. The molecule has 0 aromatic carbocycles. The summed E-state index contributed by atoms with van der Waals surface area (Å²) in [7, 11) is 1.95. The van der Waals surface area contributed by atoms with Crippen LogP contribution in [-0.2, 0) is 20.0 Å². The van der Waals surface area contributed by atoms with Gasteiger partial charge in [0.25, 0.3) is 0 Å². The van der Waals surface area contributed by atoms with Gasteiger partial charge in [-0.15, -0.1) is 0 Å². The number of rotatable bonds is 5. The molecule has 0 radical (unpaired) electrons. The molecule has 1 aliphatic carbocycles. The van der Waals surface area contributed by atoms with Gasteiger partial charge in [-0.1, -0.05) is 6.92 Å². The second kappa shape index (κ2) is 5.52. The molecule has 1 aliphatic rings. The minimum atomic E-state index is 0.553. The summed E-state index contributed by atoms with van der Waals surface area (Å²) >= 11 is 3.46. The summed E-state index contributed by atoms with van der Waals surface area (Å²) in [6.45, 7) is 2.86. The van der Waals surface area contributed by atoms with Gasteiger partial charge in [-0.05, 0) is 35.2 Å². The normalized spacial score (nSPS) is 14.6. The van der Waals surface area contributed by atoms with E-state index in [0.717, 1.165) is 34.9 Å². The van der Waals surface area contributed by atoms with E-state index in [1.165, 1.54) is 18.4 Å². The van der Waals surface area contributed by atoms with Crippen LogP contribution in [0.25, 0.3) is 0 Å². The number of hydrogen-bond donors (Lipinski definition) is 1. The first-order chi connectivity index (χ1) is 9.65. The van der Waals surface area contributed by atoms with Crippen LogP contribution in [0, 0.1) is 0 Å². The molecule has 0 aliphatic heterocycles. The van der Waals surface area contributed by atoms with Gasteiger partial charge in [0, 0.05) is 37.3 Å². The molecule has 2 aromatic rings. The lowest BCUT2D eigenvalue weighted by molar-refractivity contribution is 0.746. The number of aromatic nitrogens is 4. The molecule has 0 bridgehead atoms. The molecule has 0 atom stereocenters. The van der Waals surface area contributed by atoms with Crippen molar-refractivity contribution in [3.8, 4) is 0 Å². The summed E-state index contributed by atoms with van der Waals surface area (Å²) < 4.78 is 2.71. The molecular weight excluding hydrogens is 318 g/mol. The molecule has 5 nitrogen and oxygen atoms in total. The van der Waals surface area contributed by atoms with Crippen molar-refractivity contribution in [3.63, 3.8) is 0 Å². The first-order valence-corrected chi connectivity index (χ1v) is 7.74. The fourth-order valence-electron chi connectivity index (χ4n) is 2.26. The Morgan fingerprint density at radius 1 is 1.40 bits per heavy atom. The van der Waals surface area contributed by atoms with E-state index in [9.17, 15) is 0 Å². The molecule has 0 unspecified atom stereocenters. The molecule has 20 heavy (non-hydrogen) atoms. The van der Waals surface area contributed by atoms with Crippen molar-refractivity contribution in [3.05, 3.63) is 33.9 Å². The van der Waals surface area contributed by atoms with Crippen LogP contribution in [0.5, 0.6) is 0 Å². The molecule has 1 N–H and O–H groups in total. The van der Waals surface area contributed by atoms with E-state index in [1.54, 1.807) is 0 Å². The molecule has 2 heterocycles. The van der Waals surface area contributed by atoms with Crippen LogP contribution >= 0.6 is 15.9 Å². The Balaban J connectivity index is 1.74. The number of aryl methyl sites for hydroxylation is 2. The second-order valence-electron chi connectivity index (χ2n) is 5.19. The van der Waals surface area contributed by atoms with E-state index < -0.39 is 0 Å². The molecule has 1 saturated carbocycles. The van der Waals surface area contributed by atoms with Crippen LogP contribution in [0.4, 0.5) is 5.82 Å². The third-order valence-electron chi connectivity index (χ3n) is 3.44. The van der Waals surface area contributed by atoms with Crippen molar-refractivity contribution in [2.24, 2.45) is 7.05 Å². The maximum Gasteiger partial charge on any atom is 0.135 e. The highest BCUT2D eigenvalue weighted by atomic mass is 79.9. The van der Waals surface area contributed by atoms with Crippen LogP contribution in [0.15, 0.2) is 16.9 Å². The summed E-state index contributed by atoms with van der Waals surface area (Å²) in [6, 6.07) is 1.92. The smallest absolute Gasteiger partial charge is 0.135 e. The quantitative estimate of drug-likeness (QED) is 0.853. The third kappa shape index (κ3) is 3.00. The zero-order valence-electron chi connectivity index (χ0n) is 11.7. The van der Waals surface area contributed by atoms with Crippen molar-refractivity contribution in [2.75, 3.05) is 5.32 Å². The van der Waals surface area contributed by atoms with Gasteiger partial charge >= 0.3 is 0 Å². The van der Waals surface area contributed by atoms with Crippen molar-refractivity contribution in [1.82, 2.24) is 19.7 Å². The number of hydrogen-bond acceptors (Lipinski definition) is 4. The average Bonchev–Trinajstić information content (AvgIpc) is 3.20. The van der Waals surface area contributed by atoms with Gasteiger partial charge in [0.2, 0.25) is 0 Å². The average molecular weight is 336 g/mol. The lowest BCUT2D eigenvalue weighted by Gasteiger charge is -2.07. The fraction of sp³-hybridized carbons (Fsp3) is 0.500. The Bertz CT molecular complexity index is 618. The molecular formula is C14H18BrN5. The van der Waals surface area contributed by atoms with Crippen LogP contribution < -0.4 is 5.32 Å². The number of anilines is 1. The highest BCUT2D eigenvalue weighted by Gasteiger charge is 2.27. The zero-order chi connectivity index (χ0) is 14.1. The number of halogens is 1. The van der Waals surface area contributed by atoms with Crippen LogP contribution in [0.2, 0.25) is 0 Å². The third-order valence-corrected chi connectivity index (χ3v) is 3.85. The monoisotopic (exact) mass is 335 g/mol. The van der Waals surface area contributed by atoms with Crippen molar-refractivity contribution in [2.45, 2.75) is 38.6 Å². The predicted molar refractivity (Wildman–Crippen MR) is 81.6 cm³/mol. The first-order valence-electron chi connectivity index (χ1n) is 6.95. The molecule has 1 fully saturated rings. The van der Waals surface area contributed by atoms with E-state index in [4.69, 9.17) is 0 Å². The van der Waals surface area contributed by atoms with E-state index in [2.05, 4.69) is 49.4 Å². The van der Waals surface area contributed by atoms with Gasteiger partial charge in [-0.25, -0.2) is 9.97 Å². The van der Waals surface area contributed by atoms with Gasteiger partial charge in [0.15, 0.2) is 0 Å². The minimum Gasteiger partial charge on any atom is -0.366 e. The van der Waals surface area contributed by atoms with Crippen molar-refractivity contribution >= 4 is 21.7 Å².